The van der Waals surface area contributed by atoms with E-state index in [1.165, 1.54) is 11.1 Å². The molecule has 0 aliphatic heterocycles. The lowest BCUT2D eigenvalue weighted by atomic mass is 9.76. The molecule has 0 aromatic heterocycles. The van der Waals surface area contributed by atoms with Crippen molar-refractivity contribution in [2.24, 2.45) is 0 Å². The summed E-state index contributed by atoms with van der Waals surface area (Å²) in [4.78, 5) is 11.1. The molecule has 0 heterocycles. The summed E-state index contributed by atoms with van der Waals surface area (Å²) in [6, 6.07) is 8.31. The molecule has 2 aromatic carbocycles. The molecule has 0 saturated heterocycles. The van der Waals surface area contributed by atoms with Crippen molar-refractivity contribution in [3.8, 4) is 11.5 Å². The number of carbonyl (C=O) groups excluding carboxylic acids is 1. The summed E-state index contributed by atoms with van der Waals surface area (Å²) < 4.78 is 5.33. The van der Waals surface area contributed by atoms with Crippen molar-refractivity contribution in [1.82, 2.24) is 0 Å². The van der Waals surface area contributed by atoms with Crippen LogP contribution in [0.2, 0.25) is 0 Å². The maximum absolute atomic E-state index is 11.1. The minimum absolute atomic E-state index is 0.142. The Kier molecular flexibility index (Phi) is 7.06. The minimum atomic E-state index is -0.155. The summed E-state index contributed by atoms with van der Waals surface area (Å²) in [5, 5.41) is 10.6. The van der Waals surface area contributed by atoms with Crippen molar-refractivity contribution >= 4 is 6.47 Å². The molecule has 0 aliphatic rings. The van der Waals surface area contributed by atoms with Gasteiger partial charge in [0, 0.05) is 11.5 Å². The molecule has 0 amide bonds. The molecule has 0 fully saturated rings. The zero-order valence-corrected chi connectivity index (χ0v) is 20.1. The molecule has 1 unspecified atom stereocenters. The zero-order valence-electron chi connectivity index (χ0n) is 20.1. The highest BCUT2D eigenvalue weighted by Gasteiger charge is 2.27. The third-order valence-corrected chi connectivity index (χ3v) is 5.87. The highest BCUT2D eigenvalue weighted by Crippen LogP contribution is 2.42. The largest absolute Gasteiger partial charge is 0.508 e. The smallest absolute Gasteiger partial charge is 0.298 e. The number of phenols is 1. The third-order valence-electron chi connectivity index (χ3n) is 5.87. The topological polar surface area (TPSA) is 46.5 Å². The van der Waals surface area contributed by atoms with E-state index in [0.29, 0.717) is 18.0 Å². The van der Waals surface area contributed by atoms with E-state index in [9.17, 15) is 9.90 Å². The fourth-order valence-electron chi connectivity index (χ4n) is 4.26. The van der Waals surface area contributed by atoms with Gasteiger partial charge in [0.05, 0.1) is 0 Å². The molecule has 0 saturated carbocycles. The van der Waals surface area contributed by atoms with Crippen LogP contribution in [0.25, 0.3) is 0 Å². The molecule has 0 aliphatic carbocycles. The van der Waals surface area contributed by atoms with Crippen LogP contribution < -0.4 is 4.74 Å². The second-order valence-corrected chi connectivity index (χ2v) is 10.5. The molecule has 2 rings (SSSR count). The average Bonchev–Trinajstić information content (AvgIpc) is 2.59. The lowest BCUT2D eigenvalue weighted by Crippen LogP contribution is -2.17. The van der Waals surface area contributed by atoms with Gasteiger partial charge in [-0.25, -0.2) is 0 Å². The first kappa shape index (κ1) is 24.0. The minimum Gasteiger partial charge on any atom is -0.508 e. The molecule has 0 spiro atoms. The van der Waals surface area contributed by atoms with E-state index in [0.717, 1.165) is 35.1 Å². The van der Waals surface area contributed by atoms with E-state index in [1.807, 2.05) is 12.1 Å². The van der Waals surface area contributed by atoms with E-state index in [-0.39, 0.29) is 16.7 Å². The molecule has 0 radical (unpaired) electrons. The average molecular weight is 411 g/mol. The molecule has 3 heteroatoms. The molecule has 2 aromatic rings. The van der Waals surface area contributed by atoms with Gasteiger partial charge in [0.1, 0.15) is 11.5 Å². The number of ether oxygens (including phenoxy) is 1. The summed E-state index contributed by atoms with van der Waals surface area (Å²) in [6.07, 6.45) is 2.06. The Morgan fingerprint density at radius 1 is 0.900 bits per heavy atom. The summed E-state index contributed by atoms with van der Waals surface area (Å²) in [6.45, 7) is 19.7. The van der Waals surface area contributed by atoms with E-state index < -0.39 is 0 Å². The summed E-state index contributed by atoms with van der Waals surface area (Å²) in [5.74, 6) is 1.20. The van der Waals surface area contributed by atoms with Gasteiger partial charge in [0.2, 0.25) is 0 Å². The predicted molar refractivity (Wildman–Crippen MR) is 125 cm³/mol. The summed E-state index contributed by atoms with van der Waals surface area (Å²) in [7, 11) is 0. The summed E-state index contributed by atoms with van der Waals surface area (Å²) >= 11 is 0. The number of aromatic hydroxyl groups is 1. The fourth-order valence-corrected chi connectivity index (χ4v) is 4.26. The first-order valence-corrected chi connectivity index (χ1v) is 10.9. The first-order chi connectivity index (χ1) is 13.8. The first-order valence-electron chi connectivity index (χ1n) is 10.9. The van der Waals surface area contributed by atoms with Gasteiger partial charge in [-0.1, -0.05) is 67.0 Å². The van der Waals surface area contributed by atoms with Gasteiger partial charge in [-0.2, -0.15) is 0 Å². The molecule has 0 bridgehead atoms. The Balaban J connectivity index is 2.77. The van der Waals surface area contributed by atoms with Crippen molar-refractivity contribution in [2.45, 2.75) is 91.9 Å². The van der Waals surface area contributed by atoms with Gasteiger partial charge < -0.3 is 9.84 Å². The maximum atomic E-state index is 11.1. The second kappa shape index (κ2) is 8.83. The van der Waals surface area contributed by atoms with E-state index in [4.69, 9.17) is 4.74 Å². The zero-order chi connectivity index (χ0) is 22.9. The highest BCUT2D eigenvalue weighted by molar-refractivity contribution is 5.56. The lowest BCUT2D eigenvalue weighted by Gasteiger charge is -2.29. The SMILES string of the molecule is CCCC(c1cc(C(C)(C)C)c(O)cc1C)c1cc(C(C)(C)C)c(OC=O)cc1C. The molecule has 164 valence electrons. The quantitative estimate of drug-likeness (QED) is 0.518. The molecule has 30 heavy (non-hydrogen) atoms. The standard InChI is InChI=1S/C27H38O3/c1-10-11-19(20-14-22(26(4,5)6)24(29)12-17(20)2)21-15-23(27(7,8)9)25(30-16-28)13-18(21)3/h12-16,19,29H,10-11H2,1-9H3. The van der Waals surface area contributed by atoms with Crippen LogP contribution in [-0.2, 0) is 15.6 Å². The Hall–Kier alpha value is -2.29. The monoisotopic (exact) mass is 410 g/mol. The van der Waals surface area contributed by atoms with Crippen LogP contribution in [-0.4, -0.2) is 11.6 Å². The number of hydrogen-bond donors (Lipinski definition) is 1. The normalized spacial score (nSPS) is 13.2. The number of rotatable bonds is 6. The maximum Gasteiger partial charge on any atom is 0.298 e. The van der Waals surface area contributed by atoms with Gasteiger partial charge in [0.25, 0.3) is 6.47 Å². The molecule has 3 nitrogen and oxygen atoms in total. The van der Waals surface area contributed by atoms with E-state index in [1.54, 1.807) is 0 Å². The Morgan fingerprint density at radius 2 is 1.40 bits per heavy atom. The number of carbonyl (C=O) groups is 1. The van der Waals surface area contributed by atoms with Gasteiger partial charge in [0.15, 0.2) is 0 Å². The van der Waals surface area contributed by atoms with Crippen LogP contribution in [0.5, 0.6) is 11.5 Å². The van der Waals surface area contributed by atoms with Crippen molar-refractivity contribution in [2.75, 3.05) is 0 Å². The van der Waals surface area contributed by atoms with Crippen LogP contribution in [0.3, 0.4) is 0 Å². The van der Waals surface area contributed by atoms with E-state index in [2.05, 4.69) is 74.4 Å². The summed E-state index contributed by atoms with van der Waals surface area (Å²) in [5.41, 5.74) is 6.43. The fraction of sp³-hybridized carbons (Fsp3) is 0.519. The third kappa shape index (κ3) is 5.06. The predicted octanol–water partition coefficient (Wildman–Crippen LogP) is 7.07. The van der Waals surface area contributed by atoms with Gasteiger partial charge in [-0.3, -0.25) is 4.79 Å². The molecular weight excluding hydrogens is 372 g/mol. The Bertz CT molecular complexity index is 911. The van der Waals surface area contributed by atoms with Crippen LogP contribution in [0.15, 0.2) is 24.3 Å². The van der Waals surface area contributed by atoms with Gasteiger partial charge >= 0.3 is 0 Å². The number of benzene rings is 2. The van der Waals surface area contributed by atoms with Crippen molar-refractivity contribution in [1.29, 1.82) is 0 Å². The van der Waals surface area contributed by atoms with Crippen LogP contribution in [0.4, 0.5) is 0 Å². The van der Waals surface area contributed by atoms with Crippen LogP contribution >= 0.6 is 0 Å². The number of aryl methyl sites for hydroxylation is 2. The second-order valence-electron chi connectivity index (χ2n) is 10.5. The molecule has 1 N–H and O–H groups in total. The number of hydrogen-bond acceptors (Lipinski definition) is 3. The lowest BCUT2D eigenvalue weighted by molar-refractivity contribution is -0.120. The highest BCUT2D eigenvalue weighted by atomic mass is 16.5. The molecule has 1 atom stereocenters. The number of phenolic OH excluding ortho intramolecular Hbond substituents is 1. The van der Waals surface area contributed by atoms with Crippen molar-refractivity contribution in [3.63, 3.8) is 0 Å². The van der Waals surface area contributed by atoms with Crippen molar-refractivity contribution in [3.05, 3.63) is 57.6 Å². The Morgan fingerprint density at radius 3 is 1.87 bits per heavy atom. The van der Waals surface area contributed by atoms with Gasteiger partial charge in [-0.05, 0) is 71.0 Å². The van der Waals surface area contributed by atoms with Crippen molar-refractivity contribution < 1.29 is 14.6 Å². The Labute approximate surface area is 182 Å². The van der Waals surface area contributed by atoms with E-state index >= 15 is 0 Å². The molecular formula is C27H38O3. The van der Waals surface area contributed by atoms with Crippen LogP contribution in [0.1, 0.15) is 101 Å². The van der Waals surface area contributed by atoms with Gasteiger partial charge in [-0.15, -0.1) is 0 Å². The van der Waals surface area contributed by atoms with Crippen LogP contribution in [0, 0.1) is 13.8 Å².